The van der Waals surface area contributed by atoms with E-state index in [1.807, 2.05) is 6.07 Å². The second-order valence-electron chi connectivity index (χ2n) is 5.52. The quantitative estimate of drug-likeness (QED) is 0.360. The first kappa shape index (κ1) is 26.2. The molecule has 5 heteroatoms. The van der Waals surface area contributed by atoms with Gasteiger partial charge in [0, 0.05) is 0 Å². The predicted octanol–water partition coefficient (Wildman–Crippen LogP) is -4.35. The Hall–Kier alpha value is 0.241. The van der Waals surface area contributed by atoms with Crippen LogP contribution in [-0.4, -0.2) is 8.07 Å². The molecule has 1 aliphatic rings. The molecule has 0 spiro atoms. The molecule has 0 aromatic heterocycles. The molecule has 0 bridgehead atoms. The van der Waals surface area contributed by atoms with Gasteiger partial charge in [0.1, 0.15) is 0 Å². The van der Waals surface area contributed by atoms with Gasteiger partial charge in [0.05, 0.1) is 8.07 Å². The number of hydrogen-bond acceptors (Lipinski definition) is 0. The minimum absolute atomic E-state index is 0. The Morgan fingerprint density at radius 1 is 1.05 bits per heavy atom. The molecule has 0 unspecified atom stereocenters. The third-order valence-electron chi connectivity index (χ3n) is 3.09. The first-order valence-electron chi connectivity index (χ1n) is 6.06. The van der Waals surface area contributed by atoms with Crippen LogP contribution in [-0.2, 0) is 21.7 Å². The van der Waals surface area contributed by atoms with E-state index < -0.39 is 8.07 Å². The minimum atomic E-state index is -1.22. The monoisotopic (exact) mass is 392 g/mol. The third kappa shape index (κ3) is 6.90. The van der Waals surface area contributed by atoms with Crippen molar-refractivity contribution in [3.8, 4) is 0 Å². The van der Waals surface area contributed by atoms with Crippen molar-refractivity contribution in [3.63, 3.8) is 0 Å². The second-order valence-corrected chi connectivity index (χ2v) is 10.6. The standard InChI is InChI=1S/C16H19Si.3ClH.Ti/c1-13(14-8-6-5-7-9-14)15-10-11-16(12-15)17(2,3)4;;;;/h5-9,11H,1,10H2,2-4H3;3*1H;/q-1;;;;+4/p-3. The van der Waals surface area contributed by atoms with Crippen LogP contribution in [0.4, 0.5) is 0 Å². The Labute approximate surface area is 163 Å². The summed E-state index contributed by atoms with van der Waals surface area (Å²) < 4.78 is 0. The normalized spacial score (nSPS) is 12.5. The molecular weight excluding hydrogens is 374 g/mol. The topological polar surface area (TPSA) is 0 Å². The van der Waals surface area contributed by atoms with E-state index >= 15 is 0 Å². The van der Waals surface area contributed by atoms with E-state index in [9.17, 15) is 0 Å². The fraction of sp³-hybridized carbons (Fsp3) is 0.250. The molecule has 21 heavy (non-hydrogen) atoms. The van der Waals surface area contributed by atoms with Gasteiger partial charge < -0.3 is 37.2 Å². The van der Waals surface area contributed by atoms with Gasteiger partial charge in [0.15, 0.2) is 0 Å². The molecule has 0 radical (unpaired) electrons. The summed E-state index contributed by atoms with van der Waals surface area (Å²) in [4.78, 5) is 0. The van der Waals surface area contributed by atoms with E-state index in [-0.39, 0.29) is 58.9 Å². The summed E-state index contributed by atoms with van der Waals surface area (Å²) in [5, 5.41) is 1.43. The molecule has 2 rings (SSSR count). The number of hydrogen-bond donors (Lipinski definition) is 0. The van der Waals surface area contributed by atoms with Crippen molar-refractivity contribution in [2.45, 2.75) is 26.1 Å². The van der Waals surface area contributed by atoms with Gasteiger partial charge in [-0.25, -0.2) is 0 Å². The molecule has 1 aromatic rings. The van der Waals surface area contributed by atoms with Crippen LogP contribution in [0.5, 0.6) is 0 Å². The summed E-state index contributed by atoms with van der Waals surface area (Å²) in [6, 6.07) is 10.4. The number of halogens is 3. The van der Waals surface area contributed by atoms with Crippen molar-refractivity contribution >= 4 is 13.6 Å². The molecule has 0 amide bonds. The summed E-state index contributed by atoms with van der Waals surface area (Å²) in [7, 11) is -1.22. The van der Waals surface area contributed by atoms with Gasteiger partial charge in [-0.2, -0.15) is 22.9 Å². The fourth-order valence-corrected chi connectivity index (χ4v) is 3.21. The number of allylic oxidation sites excluding steroid dienone is 5. The Morgan fingerprint density at radius 2 is 1.57 bits per heavy atom. The third-order valence-corrected chi connectivity index (χ3v) is 5.04. The Bertz CT molecular complexity index is 502. The Morgan fingerprint density at radius 3 is 2.00 bits per heavy atom. The molecule has 0 atom stereocenters. The summed E-state index contributed by atoms with van der Waals surface area (Å²) >= 11 is 0. The number of benzene rings is 1. The average molecular weight is 394 g/mol. The van der Waals surface area contributed by atoms with Crippen LogP contribution in [0.15, 0.2) is 53.8 Å². The SMILES string of the molecule is C=C(C1=[C-]C([Si](C)(C)C)=CC1)c1ccccc1.[Cl-].[Cl-].[Cl-].[Ti+4]. The maximum absolute atomic E-state index is 4.21. The van der Waals surface area contributed by atoms with Crippen molar-refractivity contribution in [1.82, 2.24) is 0 Å². The average Bonchev–Trinajstić information content (AvgIpc) is 2.78. The van der Waals surface area contributed by atoms with Gasteiger partial charge in [-0.15, -0.1) is 12.2 Å². The van der Waals surface area contributed by atoms with Gasteiger partial charge >= 0.3 is 21.7 Å². The van der Waals surface area contributed by atoms with Crippen molar-refractivity contribution in [2.24, 2.45) is 0 Å². The molecule has 0 heterocycles. The van der Waals surface area contributed by atoms with E-state index in [4.69, 9.17) is 0 Å². The smallest absolute Gasteiger partial charge is 1.00 e. The molecule has 0 nitrogen and oxygen atoms in total. The van der Waals surface area contributed by atoms with Crippen LogP contribution in [0.1, 0.15) is 12.0 Å². The maximum Gasteiger partial charge on any atom is 4.00 e. The number of rotatable bonds is 3. The zero-order valence-corrected chi connectivity index (χ0v) is 17.3. The molecule has 112 valence electrons. The van der Waals surface area contributed by atoms with Gasteiger partial charge in [-0.3, -0.25) is 0 Å². The van der Waals surface area contributed by atoms with Crippen LogP contribution in [0.3, 0.4) is 0 Å². The summed E-state index contributed by atoms with van der Waals surface area (Å²) in [6.45, 7) is 11.3. The molecule has 0 aliphatic heterocycles. The van der Waals surface area contributed by atoms with Crippen molar-refractivity contribution in [3.05, 3.63) is 65.4 Å². The van der Waals surface area contributed by atoms with Crippen LogP contribution in [0.2, 0.25) is 19.6 Å². The van der Waals surface area contributed by atoms with Crippen molar-refractivity contribution in [2.75, 3.05) is 0 Å². The van der Waals surface area contributed by atoms with Gasteiger partial charge in [-0.1, -0.05) is 62.0 Å². The van der Waals surface area contributed by atoms with E-state index in [2.05, 4.69) is 62.6 Å². The first-order valence-corrected chi connectivity index (χ1v) is 9.56. The van der Waals surface area contributed by atoms with Crippen molar-refractivity contribution in [1.29, 1.82) is 0 Å². The van der Waals surface area contributed by atoms with Gasteiger partial charge in [0.2, 0.25) is 0 Å². The van der Waals surface area contributed by atoms with Crippen molar-refractivity contribution < 1.29 is 58.9 Å². The zero-order chi connectivity index (χ0) is 12.5. The first-order chi connectivity index (χ1) is 7.98. The fourth-order valence-electron chi connectivity index (χ4n) is 1.97. The summed E-state index contributed by atoms with van der Waals surface area (Å²) in [6.07, 6.45) is 6.89. The molecule has 1 aliphatic carbocycles. The van der Waals surface area contributed by atoms with E-state index in [0.29, 0.717) is 0 Å². The largest absolute Gasteiger partial charge is 4.00 e. The van der Waals surface area contributed by atoms with Crippen LogP contribution in [0.25, 0.3) is 5.57 Å². The molecule has 0 saturated carbocycles. The van der Waals surface area contributed by atoms with Crippen LogP contribution < -0.4 is 37.2 Å². The van der Waals surface area contributed by atoms with Gasteiger partial charge in [-0.05, 0) is 0 Å². The zero-order valence-electron chi connectivity index (χ0n) is 12.5. The molecule has 0 fully saturated rings. The van der Waals surface area contributed by atoms with E-state index in [0.717, 1.165) is 12.0 Å². The second kappa shape index (κ2) is 10.9. The van der Waals surface area contributed by atoms with E-state index in [1.54, 1.807) is 0 Å². The van der Waals surface area contributed by atoms with Crippen LogP contribution >= 0.6 is 0 Å². The predicted molar refractivity (Wildman–Crippen MR) is 78.3 cm³/mol. The molecular formula is C16H19Cl3SiTi. The minimum Gasteiger partial charge on any atom is -1.00 e. The Kier molecular flexibility index (Phi) is 13.6. The Balaban J connectivity index is -0.000000810. The van der Waals surface area contributed by atoms with Gasteiger partial charge in [0.25, 0.3) is 0 Å². The molecule has 0 saturated heterocycles. The molecule has 0 N–H and O–H groups in total. The summed E-state index contributed by atoms with van der Waals surface area (Å²) in [5.74, 6) is 0. The maximum atomic E-state index is 4.21. The van der Waals surface area contributed by atoms with Crippen LogP contribution in [0, 0.1) is 6.08 Å². The summed E-state index contributed by atoms with van der Waals surface area (Å²) in [5.41, 5.74) is 3.59. The van der Waals surface area contributed by atoms with E-state index in [1.165, 1.54) is 16.3 Å². The molecule has 1 aromatic carbocycles.